The number of ether oxygens (including phenoxy) is 1. The SMILES string of the molecule is CCCCNC(=O)C(C)Oc1ccc(Br)cc1[C@@H](C)N. The Morgan fingerprint density at radius 1 is 1.45 bits per heavy atom. The van der Waals surface area contributed by atoms with Crippen molar-refractivity contribution < 1.29 is 9.53 Å². The molecule has 1 unspecified atom stereocenters. The van der Waals surface area contributed by atoms with E-state index in [1.807, 2.05) is 25.1 Å². The first-order valence-corrected chi connectivity index (χ1v) is 7.74. The van der Waals surface area contributed by atoms with Gasteiger partial charge in [0.2, 0.25) is 0 Å². The van der Waals surface area contributed by atoms with Gasteiger partial charge >= 0.3 is 0 Å². The Morgan fingerprint density at radius 3 is 2.75 bits per heavy atom. The number of benzene rings is 1. The van der Waals surface area contributed by atoms with Crippen LogP contribution in [-0.4, -0.2) is 18.6 Å². The third-order valence-electron chi connectivity index (χ3n) is 2.96. The van der Waals surface area contributed by atoms with Crippen LogP contribution in [0.4, 0.5) is 0 Å². The number of carbonyl (C=O) groups excluding carboxylic acids is 1. The average molecular weight is 343 g/mol. The third kappa shape index (κ3) is 5.13. The molecule has 1 aromatic rings. The lowest BCUT2D eigenvalue weighted by Crippen LogP contribution is -2.37. The van der Waals surface area contributed by atoms with Gasteiger partial charge in [-0.1, -0.05) is 29.3 Å². The first-order valence-electron chi connectivity index (χ1n) is 6.95. The number of hydrogen-bond acceptors (Lipinski definition) is 3. The fourth-order valence-electron chi connectivity index (χ4n) is 1.76. The van der Waals surface area contributed by atoms with Crippen LogP contribution in [0.25, 0.3) is 0 Å². The minimum absolute atomic E-state index is 0.100. The second kappa shape index (κ2) is 8.27. The lowest BCUT2D eigenvalue weighted by Gasteiger charge is -2.19. The van der Waals surface area contributed by atoms with Gasteiger partial charge in [0.05, 0.1) is 0 Å². The molecule has 1 amide bonds. The van der Waals surface area contributed by atoms with Crippen LogP contribution >= 0.6 is 15.9 Å². The van der Waals surface area contributed by atoms with E-state index in [0.717, 1.165) is 22.9 Å². The summed E-state index contributed by atoms with van der Waals surface area (Å²) in [6.45, 7) is 6.40. The van der Waals surface area contributed by atoms with E-state index in [1.54, 1.807) is 6.92 Å². The van der Waals surface area contributed by atoms with Crippen LogP contribution in [0.5, 0.6) is 5.75 Å². The number of halogens is 1. The maximum absolute atomic E-state index is 11.9. The highest BCUT2D eigenvalue weighted by Gasteiger charge is 2.17. The largest absolute Gasteiger partial charge is 0.481 e. The second-order valence-electron chi connectivity index (χ2n) is 4.88. The standard InChI is InChI=1S/C15H23BrN2O2/c1-4-5-8-18-15(19)11(3)20-14-7-6-12(16)9-13(14)10(2)17/h6-7,9-11H,4-5,8,17H2,1-3H3,(H,18,19)/t10-,11?/m1/s1. The lowest BCUT2D eigenvalue weighted by molar-refractivity contribution is -0.127. The summed E-state index contributed by atoms with van der Waals surface area (Å²) < 4.78 is 6.68. The van der Waals surface area contributed by atoms with Crippen molar-refractivity contribution in [2.24, 2.45) is 5.73 Å². The molecule has 0 bridgehead atoms. The van der Waals surface area contributed by atoms with Crippen molar-refractivity contribution in [3.63, 3.8) is 0 Å². The number of hydrogen-bond donors (Lipinski definition) is 2. The van der Waals surface area contributed by atoms with E-state index in [9.17, 15) is 4.79 Å². The van der Waals surface area contributed by atoms with Crippen molar-refractivity contribution in [3.8, 4) is 5.75 Å². The Labute approximate surface area is 129 Å². The summed E-state index contributed by atoms with van der Waals surface area (Å²) in [4.78, 5) is 11.9. The Hall–Kier alpha value is -1.07. The van der Waals surface area contributed by atoms with Crippen molar-refractivity contribution in [1.82, 2.24) is 5.32 Å². The number of amides is 1. The second-order valence-corrected chi connectivity index (χ2v) is 5.79. The Balaban J connectivity index is 2.70. The molecule has 0 aliphatic heterocycles. The lowest BCUT2D eigenvalue weighted by atomic mass is 10.1. The Bertz CT molecular complexity index is 449. The monoisotopic (exact) mass is 342 g/mol. The Morgan fingerprint density at radius 2 is 2.15 bits per heavy atom. The van der Waals surface area contributed by atoms with E-state index in [-0.39, 0.29) is 11.9 Å². The average Bonchev–Trinajstić information content (AvgIpc) is 2.40. The van der Waals surface area contributed by atoms with Gasteiger partial charge in [-0.3, -0.25) is 4.79 Å². The minimum Gasteiger partial charge on any atom is -0.481 e. The van der Waals surface area contributed by atoms with Crippen LogP contribution in [0.15, 0.2) is 22.7 Å². The van der Waals surface area contributed by atoms with Crippen LogP contribution in [0, 0.1) is 0 Å². The predicted octanol–water partition coefficient (Wildman–Crippen LogP) is 3.15. The summed E-state index contributed by atoms with van der Waals surface area (Å²) in [5, 5.41) is 2.86. The molecule has 0 aliphatic rings. The zero-order chi connectivity index (χ0) is 15.1. The molecule has 0 radical (unpaired) electrons. The molecule has 112 valence electrons. The van der Waals surface area contributed by atoms with Crippen LogP contribution < -0.4 is 15.8 Å². The van der Waals surface area contributed by atoms with E-state index in [1.165, 1.54) is 0 Å². The molecule has 4 nitrogen and oxygen atoms in total. The fraction of sp³-hybridized carbons (Fsp3) is 0.533. The van der Waals surface area contributed by atoms with Crippen LogP contribution in [-0.2, 0) is 4.79 Å². The molecule has 0 heterocycles. The van der Waals surface area contributed by atoms with Crippen molar-refractivity contribution >= 4 is 21.8 Å². The molecule has 1 rings (SSSR count). The van der Waals surface area contributed by atoms with Crippen molar-refractivity contribution in [1.29, 1.82) is 0 Å². The van der Waals surface area contributed by atoms with Crippen LogP contribution in [0.1, 0.15) is 45.2 Å². The van der Waals surface area contributed by atoms with Gasteiger partial charge in [0, 0.05) is 22.6 Å². The van der Waals surface area contributed by atoms with Gasteiger partial charge < -0.3 is 15.8 Å². The molecule has 0 aromatic heterocycles. The number of nitrogens with one attached hydrogen (secondary N) is 1. The van der Waals surface area contributed by atoms with Crippen molar-refractivity contribution in [2.45, 2.75) is 45.8 Å². The van der Waals surface area contributed by atoms with Gasteiger partial charge in [0.25, 0.3) is 5.91 Å². The molecule has 0 saturated carbocycles. The molecule has 0 saturated heterocycles. The van der Waals surface area contributed by atoms with Gasteiger partial charge in [-0.05, 0) is 38.5 Å². The topological polar surface area (TPSA) is 64.3 Å². The molecule has 0 aliphatic carbocycles. The van der Waals surface area contributed by atoms with Gasteiger partial charge in [-0.25, -0.2) is 0 Å². The highest BCUT2D eigenvalue weighted by atomic mass is 79.9. The molecule has 0 spiro atoms. The summed E-state index contributed by atoms with van der Waals surface area (Å²) in [5.41, 5.74) is 6.81. The quantitative estimate of drug-likeness (QED) is 0.748. The van der Waals surface area contributed by atoms with Gasteiger partial charge in [0.15, 0.2) is 6.10 Å². The number of rotatable bonds is 7. The van der Waals surface area contributed by atoms with Gasteiger partial charge in [-0.2, -0.15) is 0 Å². The Kier molecular flexibility index (Phi) is 7.02. The third-order valence-corrected chi connectivity index (χ3v) is 3.46. The summed E-state index contributed by atoms with van der Waals surface area (Å²) in [5.74, 6) is 0.554. The maximum atomic E-state index is 11.9. The molecular formula is C15H23BrN2O2. The van der Waals surface area contributed by atoms with Gasteiger partial charge in [-0.15, -0.1) is 0 Å². The summed E-state index contributed by atoms with van der Waals surface area (Å²) in [6, 6.07) is 5.47. The van der Waals surface area contributed by atoms with Crippen molar-refractivity contribution in [3.05, 3.63) is 28.2 Å². The zero-order valence-electron chi connectivity index (χ0n) is 12.3. The van der Waals surface area contributed by atoms with Crippen LogP contribution in [0.3, 0.4) is 0 Å². The van der Waals surface area contributed by atoms with Crippen LogP contribution in [0.2, 0.25) is 0 Å². The maximum Gasteiger partial charge on any atom is 0.260 e. The zero-order valence-corrected chi connectivity index (χ0v) is 13.9. The number of carbonyl (C=O) groups is 1. The molecule has 0 fully saturated rings. The first kappa shape index (κ1) is 17.0. The molecule has 3 N–H and O–H groups in total. The van der Waals surface area contributed by atoms with E-state index in [0.29, 0.717) is 12.3 Å². The number of unbranched alkanes of at least 4 members (excludes halogenated alkanes) is 1. The molecule has 1 aromatic carbocycles. The fourth-order valence-corrected chi connectivity index (χ4v) is 2.14. The van der Waals surface area contributed by atoms with E-state index in [2.05, 4.69) is 28.2 Å². The molecule has 2 atom stereocenters. The summed E-state index contributed by atoms with van der Waals surface area (Å²) >= 11 is 3.41. The minimum atomic E-state index is -0.537. The van der Waals surface area contributed by atoms with E-state index < -0.39 is 6.10 Å². The van der Waals surface area contributed by atoms with Gasteiger partial charge in [0.1, 0.15) is 5.75 Å². The first-order chi connectivity index (χ1) is 9.45. The van der Waals surface area contributed by atoms with Crippen molar-refractivity contribution in [2.75, 3.05) is 6.54 Å². The molecule has 20 heavy (non-hydrogen) atoms. The molecule has 5 heteroatoms. The smallest absolute Gasteiger partial charge is 0.260 e. The predicted molar refractivity (Wildman–Crippen MR) is 84.8 cm³/mol. The summed E-state index contributed by atoms with van der Waals surface area (Å²) in [6.07, 6.45) is 1.49. The summed E-state index contributed by atoms with van der Waals surface area (Å²) in [7, 11) is 0. The molecular weight excluding hydrogens is 320 g/mol. The van der Waals surface area contributed by atoms with E-state index in [4.69, 9.17) is 10.5 Å². The van der Waals surface area contributed by atoms with E-state index >= 15 is 0 Å². The number of nitrogens with two attached hydrogens (primary N) is 1. The normalized spacial score (nSPS) is 13.7. The highest BCUT2D eigenvalue weighted by Crippen LogP contribution is 2.28. The highest BCUT2D eigenvalue weighted by molar-refractivity contribution is 9.10.